The Labute approximate surface area is 331 Å². The molecular formula is C39H48ClFMnN4O8. The average Bonchev–Trinajstić information content (AvgIpc) is 3.38. The van der Waals surface area contributed by atoms with Gasteiger partial charge in [-0.2, -0.15) is 11.9 Å². The smallest absolute Gasteiger partial charge is 0.649 e. The summed E-state index contributed by atoms with van der Waals surface area (Å²) >= 11 is 6.03. The van der Waals surface area contributed by atoms with Crippen LogP contribution in [0.15, 0.2) is 72.1 Å². The molecule has 3 heterocycles. The molecule has 293 valence electrons. The molecule has 2 N–H and O–H groups in total. The van der Waals surface area contributed by atoms with Gasteiger partial charge in [-0.15, -0.1) is 0 Å². The van der Waals surface area contributed by atoms with Gasteiger partial charge in [0.1, 0.15) is 23.5 Å². The van der Waals surface area contributed by atoms with E-state index in [9.17, 15) is 28.4 Å². The molecule has 0 aromatic heterocycles. The number of carbonyl (C=O) groups excluding carboxylic acids is 5. The summed E-state index contributed by atoms with van der Waals surface area (Å²) in [4.78, 5) is 71.6. The van der Waals surface area contributed by atoms with Gasteiger partial charge in [-0.05, 0) is 64.7 Å². The molecule has 0 bridgehead atoms. The van der Waals surface area contributed by atoms with Gasteiger partial charge in [0.15, 0.2) is 5.75 Å². The number of hydrogen-bond donors (Lipinski definition) is 2. The average molecular weight is 810 g/mol. The van der Waals surface area contributed by atoms with Crippen LogP contribution in [0.3, 0.4) is 0 Å². The van der Waals surface area contributed by atoms with Gasteiger partial charge in [0.2, 0.25) is 5.91 Å². The number of nitrogens with one attached hydrogen (secondary N) is 2. The summed E-state index contributed by atoms with van der Waals surface area (Å²) in [6.45, 7) is 12.1. The fourth-order valence-electron chi connectivity index (χ4n) is 6.31. The van der Waals surface area contributed by atoms with Gasteiger partial charge in [0, 0.05) is 35.5 Å². The summed E-state index contributed by atoms with van der Waals surface area (Å²) in [6.07, 6.45) is 12.0. The largest absolute Gasteiger partial charge is 2.00 e. The van der Waals surface area contributed by atoms with Crippen LogP contribution in [0.25, 0.3) is 0 Å². The van der Waals surface area contributed by atoms with Gasteiger partial charge >= 0.3 is 23.2 Å². The zero-order valence-electron chi connectivity index (χ0n) is 31.0. The molecule has 1 aromatic carbocycles. The number of ether oxygens (including phenoxy) is 2. The van der Waals surface area contributed by atoms with Gasteiger partial charge in [0.05, 0.1) is 24.6 Å². The van der Waals surface area contributed by atoms with E-state index in [1.165, 1.54) is 16.3 Å². The van der Waals surface area contributed by atoms with Crippen LogP contribution in [0.5, 0.6) is 5.75 Å². The van der Waals surface area contributed by atoms with E-state index in [1.807, 2.05) is 12.2 Å². The number of hydroxylamine groups is 1. The third-order valence-corrected chi connectivity index (χ3v) is 9.34. The van der Waals surface area contributed by atoms with Crippen LogP contribution in [-0.4, -0.2) is 83.0 Å². The van der Waals surface area contributed by atoms with E-state index < -0.39 is 41.4 Å². The molecule has 5 rings (SSSR count). The second-order valence-corrected chi connectivity index (χ2v) is 14.8. The molecule has 1 aliphatic carbocycles. The maximum Gasteiger partial charge on any atom is 2.00 e. The minimum Gasteiger partial charge on any atom is -0.649 e. The molecule has 1 radical (unpaired) electrons. The number of hydrogen-bond acceptors (Lipinski definition) is 8. The molecular weight excluding hydrogens is 762 g/mol. The Kier molecular flexibility index (Phi) is 16.3. The van der Waals surface area contributed by atoms with Gasteiger partial charge in [0.25, 0.3) is 5.91 Å². The zero-order chi connectivity index (χ0) is 38.8. The first-order chi connectivity index (χ1) is 25.2. The molecule has 0 spiro atoms. The SMILES string of the molecule is C=C(F)C1=C(/C=C\C)CN(C(=O)O[C@@H]2C[C@H]3C(=O)N[C@]4(C(=O)NOc5cccc(Cl)c5)C[C@H]4/C=C\CCCCC[CH-]C(=O)N3C2)C1.CC(C)(C)O[C-]=O.[Mn+2]. The Morgan fingerprint density at radius 1 is 1.20 bits per heavy atom. The standard InChI is InChI=1S/C34H39ClFN4O6.C5H9O2.Mn/c1-3-11-23-19-39(21-28(23)22(2)36)33(44)45-27-17-29-31(42)37-34(32(43)38-46-26-14-10-13-25(35)16-26)18-24(34)12-8-6-4-5-7-9-15-30(41)40(29)20-27;1-5(2,3)7-4-6;/h3,8,10-16,24,27,29H,2,4-7,9,17-21H2,1H3,(H,37,42)(H,38,43);1-3H3;/q2*-1;+2/b11-3-,12-8-;;/t24-,27-,29+,34-;;/m1../s1. The fourth-order valence-corrected chi connectivity index (χ4v) is 6.49. The summed E-state index contributed by atoms with van der Waals surface area (Å²) in [5.41, 5.74) is 1.76. The molecule has 54 heavy (non-hydrogen) atoms. The van der Waals surface area contributed by atoms with Crippen LogP contribution in [0.2, 0.25) is 5.02 Å². The molecule has 0 unspecified atom stereocenters. The first-order valence-electron chi connectivity index (χ1n) is 17.7. The van der Waals surface area contributed by atoms with Crippen molar-refractivity contribution < 1.29 is 59.7 Å². The number of fused-ring (bicyclic) bond motifs is 2. The quantitative estimate of drug-likeness (QED) is 0.148. The van der Waals surface area contributed by atoms with Gasteiger partial charge < -0.3 is 40.5 Å². The molecule has 15 heteroatoms. The summed E-state index contributed by atoms with van der Waals surface area (Å²) in [6, 6.07) is 5.56. The summed E-state index contributed by atoms with van der Waals surface area (Å²) < 4.78 is 24.2. The van der Waals surface area contributed by atoms with Gasteiger partial charge in [-0.3, -0.25) is 14.5 Å². The first-order valence-corrected chi connectivity index (χ1v) is 18.1. The monoisotopic (exact) mass is 809 g/mol. The number of halogens is 2. The van der Waals surface area contributed by atoms with E-state index in [0.717, 1.165) is 25.7 Å². The Balaban J connectivity index is 0.000000893. The van der Waals surface area contributed by atoms with Crippen LogP contribution >= 0.6 is 11.6 Å². The number of amides is 4. The van der Waals surface area contributed by atoms with E-state index in [1.54, 1.807) is 70.5 Å². The Morgan fingerprint density at radius 3 is 2.61 bits per heavy atom. The predicted molar refractivity (Wildman–Crippen MR) is 196 cm³/mol. The summed E-state index contributed by atoms with van der Waals surface area (Å²) in [7, 11) is 0. The van der Waals surface area contributed by atoms with Crippen LogP contribution < -0.4 is 15.6 Å². The third kappa shape index (κ3) is 12.1. The zero-order valence-corrected chi connectivity index (χ0v) is 32.9. The number of allylic oxidation sites excluding steroid dienone is 2. The number of benzene rings is 1. The van der Waals surface area contributed by atoms with E-state index in [2.05, 4.69) is 22.1 Å². The van der Waals surface area contributed by atoms with Crippen LogP contribution in [-0.2, 0) is 45.7 Å². The normalized spacial score (nSPS) is 24.8. The molecule has 4 amide bonds. The van der Waals surface area contributed by atoms with Crippen molar-refractivity contribution in [3.63, 3.8) is 0 Å². The molecule has 4 aliphatic rings. The number of carbonyl (C=O) groups is 4. The first kappa shape index (κ1) is 44.1. The minimum atomic E-state index is -1.28. The van der Waals surface area contributed by atoms with E-state index in [0.29, 0.717) is 34.8 Å². The van der Waals surface area contributed by atoms with Crippen LogP contribution in [0.1, 0.15) is 72.6 Å². The van der Waals surface area contributed by atoms with Crippen LogP contribution in [0, 0.1) is 12.3 Å². The van der Waals surface area contributed by atoms with Crippen molar-refractivity contribution in [1.82, 2.24) is 20.6 Å². The summed E-state index contributed by atoms with van der Waals surface area (Å²) in [5.74, 6) is -1.96. The third-order valence-electron chi connectivity index (χ3n) is 9.10. The molecule has 1 saturated heterocycles. The van der Waals surface area contributed by atoms with Crippen molar-refractivity contribution in [2.24, 2.45) is 5.92 Å². The van der Waals surface area contributed by atoms with Crippen molar-refractivity contribution in [2.45, 2.75) is 95.9 Å². The molecule has 12 nitrogen and oxygen atoms in total. The molecule has 3 aliphatic heterocycles. The van der Waals surface area contributed by atoms with Crippen molar-refractivity contribution in [3.8, 4) is 5.75 Å². The van der Waals surface area contributed by atoms with Crippen molar-refractivity contribution in [3.05, 3.63) is 83.6 Å². The Bertz CT molecular complexity index is 1650. The number of rotatable bonds is 7. The second kappa shape index (κ2) is 19.9. The Morgan fingerprint density at radius 2 is 1.96 bits per heavy atom. The second-order valence-electron chi connectivity index (χ2n) is 14.3. The maximum atomic E-state index is 14.1. The Hall–Kier alpha value is -4.26. The fraction of sp³-hybridized carbons (Fsp3) is 0.487. The summed E-state index contributed by atoms with van der Waals surface area (Å²) in [5, 5.41) is 3.35. The molecule has 1 saturated carbocycles. The molecule has 4 atom stereocenters. The topological polar surface area (TPSA) is 144 Å². The van der Waals surface area contributed by atoms with Crippen molar-refractivity contribution in [2.75, 3.05) is 19.6 Å². The van der Waals surface area contributed by atoms with E-state index in [4.69, 9.17) is 21.2 Å². The van der Waals surface area contributed by atoms with Crippen molar-refractivity contribution >= 4 is 41.9 Å². The van der Waals surface area contributed by atoms with Gasteiger partial charge in [-0.25, -0.2) is 9.18 Å². The van der Waals surface area contributed by atoms with E-state index >= 15 is 0 Å². The predicted octanol–water partition coefficient (Wildman–Crippen LogP) is 5.99. The molecule has 1 aromatic rings. The minimum absolute atomic E-state index is 0. The number of nitrogens with zero attached hydrogens (tertiary/aromatic N) is 2. The van der Waals surface area contributed by atoms with E-state index in [-0.39, 0.29) is 60.5 Å². The maximum absolute atomic E-state index is 14.1. The van der Waals surface area contributed by atoms with Crippen LogP contribution in [0.4, 0.5) is 9.18 Å². The van der Waals surface area contributed by atoms with Crippen molar-refractivity contribution in [1.29, 1.82) is 0 Å². The van der Waals surface area contributed by atoms with Gasteiger partial charge in [-0.1, -0.05) is 67.9 Å². The molecule has 2 fully saturated rings.